The topological polar surface area (TPSA) is 98.2 Å². The number of ketones is 1. The summed E-state index contributed by atoms with van der Waals surface area (Å²) < 4.78 is 16.6. The number of nitrogens with zero attached hydrogens (tertiary/aromatic N) is 2. The molecule has 0 radical (unpaired) electrons. The summed E-state index contributed by atoms with van der Waals surface area (Å²) in [6.45, 7) is 6.54. The van der Waals surface area contributed by atoms with E-state index in [-0.39, 0.29) is 24.0 Å². The Labute approximate surface area is 208 Å². The molecule has 0 bridgehead atoms. The zero-order valence-electron chi connectivity index (χ0n) is 20.2. The van der Waals surface area contributed by atoms with Crippen LogP contribution in [0, 0.1) is 0 Å². The number of aromatic nitrogens is 1. The molecule has 3 aromatic rings. The normalized spacial score (nSPS) is 18.2. The molecule has 2 aliphatic heterocycles. The molecular formula is C28H26N2O6. The van der Waals surface area contributed by atoms with Crippen LogP contribution < -0.4 is 19.1 Å². The van der Waals surface area contributed by atoms with Gasteiger partial charge < -0.3 is 19.3 Å². The van der Waals surface area contributed by atoms with Gasteiger partial charge in [0.25, 0.3) is 11.7 Å². The van der Waals surface area contributed by atoms with Crippen molar-refractivity contribution in [2.24, 2.45) is 0 Å². The lowest BCUT2D eigenvalue weighted by atomic mass is 9.94. The predicted octanol–water partition coefficient (Wildman–Crippen LogP) is 4.96. The Morgan fingerprint density at radius 2 is 1.92 bits per heavy atom. The third-order valence-corrected chi connectivity index (χ3v) is 6.25. The van der Waals surface area contributed by atoms with Crippen LogP contribution in [0.5, 0.6) is 17.2 Å². The molecule has 1 amide bonds. The summed E-state index contributed by atoms with van der Waals surface area (Å²) in [4.78, 5) is 32.5. The highest BCUT2D eigenvalue weighted by atomic mass is 16.7. The minimum Gasteiger partial charge on any atom is -0.507 e. The molecule has 0 saturated carbocycles. The molecule has 1 aromatic heterocycles. The minimum atomic E-state index is -0.930. The molecule has 1 fully saturated rings. The SMILES string of the molecule is CCOc1ccc(/C(O)=C2\C(=O)C(=O)N(c3ccc4c(c3)OCO4)C2c2ccccn2)cc1C(C)C. The largest absolute Gasteiger partial charge is 0.507 e. The van der Waals surface area contributed by atoms with E-state index in [9.17, 15) is 14.7 Å². The third kappa shape index (κ3) is 3.94. The van der Waals surface area contributed by atoms with Gasteiger partial charge in [0.15, 0.2) is 11.5 Å². The number of anilines is 1. The van der Waals surface area contributed by atoms with Crippen LogP contribution >= 0.6 is 0 Å². The molecule has 184 valence electrons. The maximum atomic E-state index is 13.4. The van der Waals surface area contributed by atoms with Crippen LogP contribution in [0.3, 0.4) is 0 Å². The van der Waals surface area contributed by atoms with E-state index in [1.54, 1.807) is 60.8 Å². The molecule has 8 nitrogen and oxygen atoms in total. The van der Waals surface area contributed by atoms with E-state index in [1.165, 1.54) is 4.90 Å². The van der Waals surface area contributed by atoms with Crippen molar-refractivity contribution in [3.63, 3.8) is 0 Å². The monoisotopic (exact) mass is 486 g/mol. The van der Waals surface area contributed by atoms with Gasteiger partial charge in [0.1, 0.15) is 17.6 Å². The first-order chi connectivity index (χ1) is 17.4. The van der Waals surface area contributed by atoms with E-state index >= 15 is 0 Å². The van der Waals surface area contributed by atoms with Crippen LogP contribution in [0.15, 0.2) is 66.4 Å². The van der Waals surface area contributed by atoms with Gasteiger partial charge in [0.05, 0.1) is 17.9 Å². The highest BCUT2D eigenvalue weighted by molar-refractivity contribution is 6.51. The molecule has 8 heteroatoms. The summed E-state index contributed by atoms with van der Waals surface area (Å²) in [7, 11) is 0. The van der Waals surface area contributed by atoms with Crippen LogP contribution in [-0.2, 0) is 9.59 Å². The number of rotatable bonds is 6. The molecule has 2 aliphatic rings. The molecule has 1 atom stereocenters. The van der Waals surface area contributed by atoms with Gasteiger partial charge in [-0.25, -0.2) is 0 Å². The molecule has 0 aliphatic carbocycles. The second kappa shape index (κ2) is 9.37. The van der Waals surface area contributed by atoms with E-state index in [4.69, 9.17) is 14.2 Å². The Morgan fingerprint density at radius 3 is 2.64 bits per heavy atom. The summed E-state index contributed by atoms with van der Waals surface area (Å²) in [6, 6.07) is 14.6. The maximum absolute atomic E-state index is 13.4. The number of carbonyl (C=O) groups is 2. The van der Waals surface area contributed by atoms with E-state index in [1.807, 2.05) is 20.8 Å². The Kier molecular flexibility index (Phi) is 6.10. The van der Waals surface area contributed by atoms with Gasteiger partial charge in [-0.15, -0.1) is 0 Å². The number of aliphatic hydroxyl groups excluding tert-OH is 1. The van der Waals surface area contributed by atoms with Gasteiger partial charge in [0.2, 0.25) is 6.79 Å². The van der Waals surface area contributed by atoms with Crippen LogP contribution in [0.25, 0.3) is 5.76 Å². The highest BCUT2D eigenvalue weighted by Crippen LogP contribution is 2.44. The summed E-state index contributed by atoms with van der Waals surface area (Å²) in [5.41, 5.74) is 2.17. The van der Waals surface area contributed by atoms with E-state index in [0.29, 0.717) is 40.8 Å². The molecule has 1 unspecified atom stereocenters. The quantitative estimate of drug-likeness (QED) is 0.299. The Morgan fingerprint density at radius 1 is 1.11 bits per heavy atom. The fourth-order valence-corrected chi connectivity index (χ4v) is 4.54. The number of aliphatic hydroxyl groups is 1. The zero-order valence-corrected chi connectivity index (χ0v) is 20.2. The van der Waals surface area contributed by atoms with Crippen molar-refractivity contribution in [3.8, 4) is 17.2 Å². The third-order valence-electron chi connectivity index (χ3n) is 6.25. The lowest BCUT2D eigenvalue weighted by molar-refractivity contribution is -0.132. The van der Waals surface area contributed by atoms with Gasteiger partial charge in [-0.2, -0.15) is 0 Å². The predicted molar refractivity (Wildman–Crippen MR) is 133 cm³/mol. The summed E-state index contributed by atoms with van der Waals surface area (Å²) >= 11 is 0. The second-order valence-electron chi connectivity index (χ2n) is 8.80. The van der Waals surface area contributed by atoms with E-state index < -0.39 is 17.7 Å². The van der Waals surface area contributed by atoms with Gasteiger partial charge >= 0.3 is 0 Å². The number of pyridine rings is 1. The van der Waals surface area contributed by atoms with Crippen molar-refractivity contribution >= 4 is 23.1 Å². The smallest absolute Gasteiger partial charge is 0.300 e. The lowest BCUT2D eigenvalue weighted by Crippen LogP contribution is -2.29. The van der Waals surface area contributed by atoms with Crippen LogP contribution in [0.1, 0.15) is 49.6 Å². The summed E-state index contributed by atoms with van der Waals surface area (Å²) in [6.07, 6.45) is 1.59. The maximum Gasteiger partial charge on any atom is 0.300 e. The fourth-order valence-electron chi connectivity index (χ4n) is 4.54. The number of benzene rings is 2. The van der Waals surface area contributed by atoms with Crippen molar-refractivity contribution < 1.29 is 28.9 Å². The fraction of sp³-hybridized carbons (Fsp3) is 0.250. The number of ether oxygens (including phenoxy) is 3. The zero-order chi connectivity index (χ0) is 25.4. The number of amides is 1. The van der Waals surface area contributed by atoms with Crippen molar-refractivity contribution in [1.82, 2.24) is 4.98 Å². The number of hydrogen-bond donors (Lipinski definition) is 1. The molecule has 3 heterocycles. The van der Waals surface area contributed by atoms with Gasteiger partial charge in [0, 0.05) is 23.5 Å². The Balaban J connectivity index is 1.68. The van der Waals surface area contributed by atoms with Crippen molar-refractivity contribution in [1.29, 1.82) is 0 Å². The van der Waals surface area contributed by atoms with Crippen LogP contribution in [-0.4, -0.2) is 35.2 Å². The van der Waals surface area contributed by atoms with Crippen LogP contribution in [0.4, 0.5) is 5.69 Å². The summed E-state index contributed by atoms with van der Waals surface area (Å²) in [5.74, 6) is 0.0368. The average Bonchev–Trinajstić information content (AvgIpc) is 3.46. The van der Waals surface area contributed by atoms with E-state index in [0.717, 1.165) is 5.56 Å². The van der Waals surface area contributed by atoms with Gasteiger partial charge in [-0.05, 0) is 60.9 Å². The molecule has 1 saturated heterocycles. The molecule has 0 spiro atoms. The van der Waals surface area contributed by atoms with Crippen LogP contribution in [0.2, 0.25) is 0 Å². The number of hydrogen-bond acceptors (Lipinski definition) is 7. The number of carbonyl (C=O) groups excluding carboxylic acids is 2. The standard InChI is InChI=1S/C28H26N2O6/c1-4-34-21-10-8-17(13-19(21)16(2)3)26(31)24-25(20-7-5-6-12-29-20)30(28(33)27(24)32)18-9-11-22-23(14-18)36-15-35-22/h5-14,16,25,31H,4,15H2,1-3H3/b26-24+. The first-order valence-corrected chi connectivity index (χ1v) is 11.8. The highest BCUT2D eigenvalue weighted by Gasteiger charge is 2.48. The van der Waals surface area contributed by atoms with Gasteiger partial charge in [-0.1, -0.05) is 19.9 Å². The first-order valence-electron chi connectivity index (χ1n) is 11.8. The van der Waals surface area contributed by atoms with Crippen molar-refractivity contribution in [3.05, 3.63) is 83.2 Å². The molecule has 2 aromatic carbocycles. The molecular weight excluding hydrogens is 460 g/mol. The average molecular weight is 487 g/mol. The molecule has 1 N–H and O–H groups in total. The minimum absolute atomic E-state index is 0.0322. The molecule has 5 rings (SSSR count). The number of fused-ring (bicyclic) bond motifs is 1. The van der Waals surface area contributed by atoms with Gasteiger partial charge in [-0.3, -0.25) is 19.5 Å². The molecule has 36 heavy (non-hydrogen) atoms. The Bertz CT molecular complexity index is 1370. The number of Topliss-reactive ketones (excluding diaryl/α,β-unsaturated/α-hetero) is 1. The van der Waals surface area contributed by atoms with Crippen molar-refractivity contribution in [2.75, 3.05) is 18.3 Å². The van der Waals surface area contributed by atoms with E-state index in [2.05, 4.69) is 4.98 Å². The van der Waals surface area contributed by atoms with Crippen molar-refractivity contribution in [2.45, 2.75) is 32.7 Å². The Hall–Kier alpha value is -4.33. The second-order valence-corrected chi connectivity index (χ2v) is 8.80. The first kappa shape index (κ1) is 23.4. The summed E-state index contributed by atoms with van der Waals surface area (Å²) in [5, 5.41) is 11.5. The lowest BCUT2D eigenvalue weighted by Gasteiger charge is -2.25.